The third-order valence-corrected chi connectivity index (χ3v) is 7.29. The SMILES string of the molecule is CCCC[C@@H](C)[C@@H](C)[C@H](/C=C\[C@H]1OC(CC)[C@H](C)C(C)C1C)NC(=O)CCC. The summed E-state index contributed by atoms with van der Waals surface area (Å²) in [4.78, 5) is 12.3. The molecule has 0 bridgehead atoms. The first-order valence-electron chi connectivity index (χ1n) is 11.9. The normalized spacial score (nSPS) is 31.5. The van der Waals surface area contributed by atoms with Crippen LogP contribution >= 0.6 is 0 Å². The summed E-state index contributed by atoms with van der Waals surface area (Å²) in [6.45, 7) is 18.1. The Bertz CT molecular complexity index is 473. The summed E-state index contributed by atoms with van der Waals surface area (Å²) in [7, 11) is 0. The van der Waals surface area contributed by atoms with E-state index in [0.717, 1.165) is 12.8 Å². The van der Waals surface area contributed by atoms with Gasteiger partial charge in [0.2, 0.25) is 5.91 Å². The molecule has 1 aliphatic heterocycles. The predicted octanol–water partition coefficient (Wildman–Crippen LogP) is 6.38. The average molecular weight is 394 g/mol. The summed E-state index contributed by atoms with van der Waals surface area (Å²) in [5.41, 5.74) is 0. The van der Waals surface area contributed by atoms with E-state index in [4.69, 9.17) is 4.74 Å². The first kappa shape index (κ1) is 25.2. The van der Waals surface area contributed by atoms with E-state index in [0.29, 0.717) is 42.1 Å². The molecule has 8 atom stereocenters. The van der Waals surface area contributed by atoms with Crippen LogP contribution in [0, 0.1) is 29.6 Å². The lowest BCUT2D eigenvalue weighted by atomic mass is 9.75. The van der Waals surface area contributed by atoms with E-state index in [1.165, 1.54) is 19.3 Å². The Labute approximate surface area is 175 Å². The summed E-state index contributed by atoms with van der Waals surface area (Å²) in [6.07, 6.45) is 11.2. The molecule has 1 fully saturated rings. The van der Waals surface area contributed by atoms with Crippen molar-refractivity contribution in [3.63, 3.8) is 0 Å². The van der Waals surface area contributed by atoms with Gasteiger partial charge < -0.3 is 10.1 Å². The summed E-state index contributed by atoms with van der Waals surface area (Å²) in [5, 5.41) is 3.29. The molecule has 3 unspecified atom stereocenters. The number of nitrogens with one attached hydrogen (secondary N) is 1. The van der Waals surface area contributed by atoms with Crippen LogP contribution in [-0.4, -0.2) is 24.2 Å². The molecular formula is C25H47NO2. The first-order chi connectivity index (χ1) is 13.3. The molecule has 1 rings (SSSR count). The molecule has 1 amide bonds. The molecule has 1 heterocycles. The van der Waals surface area contributed by atoms with Gasteiger partial charge in [0.25, 0.3) is 0 Å². The Balaban J connectivity index is 2.92. The van der Waals surface area contributed by atoms with E-state index < -0.39 is 0 Å². The first-order valence-corrected chi connectivity index (χ1v) is 11.9. The van der Waals surface area contributed by atoms with Crippen molar-refractivity contribution in [3.8, 4) is 0 Å². The topological polar surface area (TPSA) is 38.3 Å². The van der Waals surface area contributed by atoms with Gasteiger partial charge in [-0.15, -0.1) is 0 Å². The predicted molar refractivity (Wildman–Crippen MR) is 120 cm³/mol. The number of ether oxygens (including phenoxy) is 1. The van der Waals surface area contributed by atoms with Crippen molar-refractivity contribution in [2.45, 2.75) is 112 Å². The Morgan fingerprint density at radius 2 is 1.71 bits per heavy atom. The van der Waals surface area contributed by atoms with Gasteiger partial charge in [-0.05, 0) is 42.4 Å². The van der Waals surface area contributed by atoms with Gasteiger partial charge in [0.1, 0.15) is 0 Å². The van der Waals surface area contributed by atoms with Gasteiger partial charge in [-0.3, -0.25) is 4.79 Å². The second-order valence-corrected chi connectivity index (χ2v) is 9.33. The molecule has 1 saturated heterocycles. The number of rotatable bonds is 11. The van der Waals surface area contributed by atoms with Gasteiger partial charge in [0.15, 0.2) is 0 Å². The fourth-order valence-corrected chi connectivity index (χ4v) is 4.47. The van der Waals surface area contributed by atoms with Crippen molar-refractivity contribution in [2.24, 2.45) is 29.6 Å². The van der Waals surface area contributed by atoms with E-state index in [1.54, 1.807) is 0 Å². The van der Waals surface area contributed by atoms with Crippen molar-refractivity contribution in [1.29, 1.82) is 0 Å². The zero-order valence-electron chi connectivity index (χ0n) is 19.8. The van der Waals surface area contributed by atoms with Crippen LogP contribution < -0.4 is 5.32 Å². The van der Waals surface area contributed by atoms with Crippen molar-refractivity contribution in [3.05, 3.63) is 12.2 Å². The van der Waals surface area contributed by atoms with E-state index in [9.17, 15) is 4.79 Å². The summed E-state index contributed by atoms with van der Waals surface area (Å²) < 4.78 is 6.44. The fourth-order valence-electron chi connectivity index (χ4n) is 4.47. The van der Waals surface area contributed by atoms with Crippen LogP contribution in [0.15, 0.2) is 12.2 Å². The summed E-state index contributed by atoms with van der Waals surface area (Å²) in [5.74, 6) is 2.90. The van der Waals surface area contributed by atoms with Crippen LogP contribution in [0.4, 0.5) is 0 Å². The minimum atomic E-state index is 0.0800. The molecule has 28 heavy (non-hydrogen) atoms. The van der Waals surface area contributed by atoms with Crippen LogP contribution in [0.1, 0.15) is 93.9 Å². The molecule has 0 aromatic rings. The molecule has 0 aromatic heterocycles. The van der Waals surface area contributed by atoms with E-state index in [1.807, 2.05) is 0 Å². The lowest BCUT2D eigenvalue weighted by Crippen LogP contribution is -2.44. The fraction of sp³-hybridized carbons (Fsp3) is 0.880. The minimum Gasteiger partial charge on any atom is -0.370 e. The van der Waals surface area contributed by atoms with E-state index in [-0.39, 0.29) is 18.1 Å². The second-order valence-electron chi connectivity index (χ2n) is 9.33. The molecule has 164 valence electrons. The maximum atomic E-state index is 12.3. The number of carbonyl (C=O) groups excluding carboxylic acids is 1. The zero-order chi connectivity index (χ0) is 21.3. The van der Waals surface area contributed by atoms with Crippen molar-refractivity contribution in [2.75, 3.05) is 0 Å². The number of hydrogen-bond donors (Lipinski definition) is 1. The second kappa shape index (κ2) is 12.7. The molecule has 3 heteroatoms. The van der Waals surface area contributed by atoms with Gasteiger partial charge in [-0.1, -0.05) is 86.8 Å². The number of carbonyl (C=O) groups is 1. The summed E-state index contributed by atoms with van der Waals surface area (Å²) in [6, 6.07) is 0.0800. The average Bonchev–Trinajstić information content (AvgIpc) is 2.68. The van der Waals surface area contributed by atoms with Gasteiger partial charge in [0.05, 0.1) is 12.2 Å². The lowest BCUT2D eigenvalue weighted by molar-refractivity contribution is -0.122. The highest BCUT2D eigenvalue weighted by Crippen LogP contribution is 2.36. The maximum Gasteiger partial charge on any atom is 0.220 e. The highest BCUT2D eigenvalue weighted by molar-refractivity contribution is 5.76. The minimum absolute atomic E-state index is 0.0800. The van der Waals surface area contributed by atoms with Gasteiger partial charge >= 0.3 is 0 Å². The Morgan fingerprint density at radius 1 is 1.04 bits per heavy atom. The van der Waals surface area contributed by atoms with Crippen LogP contribution in [0.2, 0.25) is 0 Å². The molecule has 0 spiro atoms. The maximum absolute atomic E-state index is 12.3. The molecule has 3 nitrogen and oxygen atoms in total. The molecule has 1 N–H and O–H groups in total. The smallest absolute Gasteiger partial charge is 0.220 e. The molecular weight excluding hydrogens is 346 g/mol. The Hall–Kier alpha value is -0.830. The highest BCUT2D eigenvalue weighted by atomic mass is 16.5. The molecule has 0 aliphatic carbocycles. The quantitative estimate of drug-likeness (QED) is 0.414. The third kappa shape index (κ3) is 7.21. The van der Waals surface area contributed by atoms with Crippen molar-refractivity contribution in [1.82, 2.24) is 5.32 Å². The van der Waals surface area contributed by atoms with E-state index >= 15 is 0 Å². The summed E-state index contributed by atoms with van der Waals surface area (Å²) >= 11 is 0. The molecule has 0 saturated carbocycles. The van der Waals surface area contributed by atoms with Gasteiger partial charge in [0, 0.05) is 12.5 Å². The number of hydrogen-bond acceptors (Lipinski definition) is 2. The molecule has 1 aliphatic rings. The lowest BCUT2D eigenvalue weighted by Gasteiger charge is -2.43. The Kier molecular flexibility index (Phi) is 11.4. The number of unbranched alkanes of at least 4 members (excludes halogenated alkanes) is 1. The zero-order valence-corrected chi connectivity index (χ0v) is 19.8. The van der Waals surface area contributed by atoms with Crippen LogP contribution in [0.5, 0.6) is 0 Å². The number of amides is 1. The largest absolute Gasteiger partial charge is 0.370 e. The van der Waals surface area contributed by atoms with Gasteiger partial charge in [-0.25, -0.2) is 0 Å². The van der Waals surface area contributed by atoms with Gasteiger partial charge in [-0.2, -0.15) is 0 Å². The van der Waals surface area contributed by atoms with Crippen LogP contribution in [-0.2, 0) is 9.53 Å². The van der Waals surface area contributed by atoms with E-state index in [2.05, 4.69) is 72.9 Å². The standard InChI is InChI=1S/C25H47NO2/c1-9-12-14-17(4)18(5)22(26-25(27)13-10-2)15-16-24-21(8)19(6)20(7)23(11-3)28-24/h15-24H,9-14H2,1-8H3,(H,26,27)/b16-15-/t17-,18-,19?,20-,21?,22+,23?,24-/m1/s1. The monoisotopic (exact) mass is 393 g/mol. The third-order valence-electron chi connectivity index (χ3n) is 7.29. The van der Waals surface area contributed by atoms with Crippen molar-refractivity contribution >= 4 is 5.91 Å². The Morgan fingerprint density at radius 3 is 2.29 bits per heavy atom. The molecule has 0 radical (unpaired) electrons. The van der Waals surface area contributed by atoms with Crippen molar-refractivity contribution < 1.29 is 9.53 Å². The molecule has 0 aromatic carbocycles. The van der Waals surface area contributed by atoms with Crippen LogP contribution in [0.25, 0.3) is 0 Å². The highest BCUT2D eigenvalue weighted by Gasteiger charge is 2.37. The van der Waals surface area contributed by atoms with Crippen LogP contribution in [0.3, 0.4) is 0 Å².